The molecule has 0 heterocycles. The molecular weight excluding hydrogens is 270 g/mol. The number of hydrogen-bond donors (Lipinski definition) is 2. The highest BCUT2D eigenvalue weighted by atomic mass is 16.5. The molecule has 0 saturated heterocycles. The van der Waals surface area contributed by atoms with Gasteiger partial charge in [-0.1, -0.05) is 30.3 Å². The van der Waals surface area contributed by atoms with Crippen molar-refractivity contribution in [1.82, 2.24) is 5.32 Å². The summed E-state index contributed by atoms with van der Waals surface area (Å²) < 4.78 is 5.22. The number of benzene rings is 1. The van der Waals surface area contributed by atoms with Crippen LogP contribution < -0.4 is 5.32 Å². The summed E-state index contributed by atoms with van der Waals surface area (Å²) >= 11 is 0. The smallest absolute Gasteiger partial charge is 0.407 e. The monoisotopic (exact) mass is 289 g/mol. The van der Waals surface area contributed by atoms with Crippen molar-refractivity contribution >= 4 is 12.1 Å². The first-order valence-electron chi connectivity index (χ1n) is 7.26. The van der Waals surface area contributed by atoms with Crippen molar-refractivity contribution in [3.05, 3.63) is 35.9 Å². The normalized spacial score (nSPS) is 30.1. The Morgan fingerprint density at radius 2 is 1.90 bits per heavy atom. The molecule has 3 saturated carbocycles. The third-order valence-corrected chi connectivity index (χ3v) is 4.70. The molecular formula is C16H19NO4. The Hall–Kier alpha value is -2.04. The number of carboxylic acids is 1. The van der Waals surface area contributed by atoms with Gasteiger partial charge in [0, 0.05) is 5.54 Å². The Balaban J connectivity index is 1.53. The molecule has 0 atom stereocenters. The molecule has 0 radical (unpaired) electrons. The third-order valence-electron chi connectivity index (χ3n) is 4.70. The summed E-state index contributed by atoms with van der Waals surface area (Å²) in [6.07, 6.45) is 2.98. The number of amides is 1. The number of carboxylic acid groups (broad SMARTS) is 1. The predicted molar refractivity (Wildman–Crippen MR) is 75.6 cm³/mol. The van der Waals surface area contributed by atoms with Crippen molar-refractivity contribution in [2.45, 2.75) is 44.2 Å². The van der Waals surface area contributed by atoms with Gasteiger partial charge in [0.05, 0.1) is 5.41 Å². The standard InChI is InChI=1S/C16H19NO4/c18-13(19)15-7-4-8-16(10-15,11-15)17-14(20)21-9-12-5-2-1-3-6-12/h1-3,5-6H,4,7-11H2,(H,17,20)(H,18,19). The zero-order valence-corrected chi connectivity index (χ0v) is 11.8. The van der Waals surface area contributed by atoms with Crippen LogP contribution in [0.15, 0.2) is 30.3 Å². The van der Waals surface area contributed by atoms with Crippen LogP contribution in [0.1, 0.15) is 37.7 Å². The van der Waals surface area contributed by atoms with E-state index in [0.717, 1.165) is 18.4 Å². The Labute approximate surface area is 123 Å². The second-order valence-corrected chi connectivity index (χ2v) is 6.26. The molecule has 1 aromatic rings. The zero-order chi connectivity index (χ0) is 14.9. The van der Waals surface area contributed by atoms with Crippen LogP contribution in [-0.4, -0.2) is 22.7 Å². The molecule has 21 heavy (non-hydrogen) atoms. The molecule has 1 aromatic carbocycles. The van der Waals surface area contributed by atoms with E-state index in [-0.39, 0.29) is 12.1 Å². The number of aliphatic carboxylic acids is 1. The summed E-state index contributed by atoms with van der Waals surface area (Å²) in [4.78, 5) is 23.2. The van der Waals surface area contributed by atoms with Gasteiger partial charge in [0.1, 0.15) is 6.61 Å². The van der Waals surface area contributed by atoms with Crippen molar-refractivity contribution in [3.63, 3.8) is 0 Å². The van der Waals surface area contributed by atoms with Gasteiger partial charge >= 0.3 is 12.1 Å². The number of hydrogen-bond acceptors (Lipinski definition) is 3. The lowest BCUT2D eigenvalue weighted by atomic mass is 9.50. The molecule has 0 spiro atoms. The summed E-state index contributed by atoms with van der Waals surface area (Å²) in [6, 6.07) is 9.48. The van der Waals surface area contributed by atoms with E-state index in [1.807, 2.05) is 30.3 Å². The van der Waals surface area contributed by atoms with Crippen molar-refractivity contribution in [2.24, 2.45) is 5.41 Å². The largest absolute Gasteiger partial charge is 0.481 e. The van der Waals surface area contributed by atoms with Crippen LogP contribution in [0, 0.1) is 5.41 Å². The minimum atomic E-state index is -0.739. The molecule has 2 bridgehead atoms. The number of nitrogens with one attached hydrogen (secondary N) is 1. The first-order valence-corrected chi connectivity index (χ1v) is 7.26. The lowest BCUT2D eigenvalue weighted by Crippen LogP contribution is -2.66. The van der Waals surface area contributed by atoms with Crippen molar-refractivity contribution < 1.29 is 19.4 Å². The molecule has 1 amide bonds. The summed E-state index contributed by atoms with van der Waals surface area (Å²) in [6.45, 7) is 0.229. The van der Waals surface area contributed by atoms with Gasteiger partial charge in [-0.25, -0.2) is 4.79 Å². The molecule has 0 aliphatic heterocycles. The van der Waals surface area contributed by atoms with Gasteiger partial charge in [-0.05, 0) is 37.7 Å². The minimum Gasteiger partial charge on any atom is -0.481 e. The number of fused-ring (bicyclic) bond motifs is 2. The van der Waals surface area contributed by atoms with Crippen LogP contribution >= 0.6 is 0 Å². The van der Waals surface area contributed by atoms with E-state index in [2.05, 4.69) is 5.32 Å². The van der Waals surface area contributed by atoms with Gasteiger partial charge in [-0.2, -0.15) is 0 Å². The fraction of sp³-hybridized carbons (Fsp3) is 0.500. The summed E-state index contributed by atoms with van der Waals surface area (Å²) in [7, 11) is 0. The maximum atomic E-state index is 11.9. The quantitative estimate of drug-likeness (QED) is 0.893. The molecule has 112 valence electrons. The van der Waals surface area contributed by atoms with Gasteiger partial charge in [0.15, 0.2) is 0 Å². The Morgan fingerprint density at radius 1 is 1.19 bits per heavy atom. The van der Waals surface area contributed by atoms with E-state index in [1.54, 1.807) is 0 Å². The first-order chi connectivity index (χ1) is 10.0. The number of rotatable bonds is 4. The fourth-order valence-corrected chi connectivity index (χ4v) is 3.75. The molecule has 3 fully saturated rings. The highest BCUT2D eigenvalue weighted by Crippen LogP contribution is 2.58. The molecule has 3 aliphatic carbocycles. The summed E-state index contributed by atoms with van der Waals surface area (Å²) in [5, 5.41) is 12.2. The molecule has 0 unspecified atom stereocenters. The molecule has 0 aromatic heterocycles. The van der Waals surface area contributed by atoms with Gasteiger partial charge in [-0.15, -0.1) is 0 Å². The van der Waals surface area contributed by atoms with Gasteiger partial charge in [0.25, 0.3) is 0 Å². The van der Waals surface area contributed by atoms with E-state index in [0.29, 0.717) is 19.3 Å². The van der Waals surface area contributed by atoms with Gasteiger partial charge < -0.3 is 15.2 Å². The van der Waals surface area contributed by atoms with E-state index < -0.39 is 17.5 Å². The molecule has 2 N–H and O–H groups in total. The van der Waals surface area contributed by atoms with Crippen LogP contribution in [0.25, 0.3) is 0 Å². The molecule has 5 heteroatoms. The number of alkyl carbamates (subject to hydrolysis) is 1. The van der Waals surface area contributed by atoms with Crippen LogP contribution in [-0.2, 0) is 16.1 Å². The zero-order valence-electron chi connectivity index (χ0n) is 11.8. The van der Waals surface area contributed by atoms with Crippen LogP contribution in [0.4, 0.5) is 4.79 Å². The SMILES string of the molecule is O=C(NC12CCCC(C(=O)O)(C1)C2)OCc1ccccc1. The van der Waals surface area contributed by atoms with E-state index >= 15 is 0 Å². The van der Waals surface area contributed by atoms with E-state index in [4.69, 9.17) is 4.74 Å². The molecule has 5 nitrogen and oxygen atoms in total. The average molecular weight is 289 g/mol. The highest BCUT2D eigenvalue weighted by molar-refractivity contribution is 5.78. The van der Waals surface area contributed by atoms with Crippen LogP contribution in [0.2, 0.25) is 0 Å². The summed E-state index contributed by atoms with van der Waals surface area (Å²) in [5.74, 6) is -0.739. The van der Waals surface area contributed by atoms with Crippen molar-refractivity contribution in [3.8, 4) is 0 Å². The highest BCUT2D eigenvalue weighted by Gasteiger charge is 2.62. The maximum absolute atomic E-state index is 11.9. The number of ether oxygens (including phenoxy) is 1. The Kier molecular flexibility index (Phi) is 3.35. The molecule has 4 rings (SSSR count). The second kappa shape index (κ2) is 5.06. The Morgan fingerprint density at radius 3 is 2.57 bits per heavy atom. The second-order valence-electron chi connectivity index (χ2n) is 6.26. The predicted octanol–water partition coefficient (Wildman–Crippen LogP) is 2.70. The maximum Gasteiger partial charge on any atom is 0.407 e. The number of carbonyl (C=O) groups is 2. The Bertz CT molecular complexity index is 549. The lowest BCUT2D eigenvalue weighted by Gasteiger charge is -2.58. The average Bonchev–Trinajstić information content (AvgIpc) is 2.45. The first kappa shape index (κ1) is 13.9. The lowest BCUT2D eigenvalue weighted by molar-refractivity contribution is -0.167. The van der Waals surface area contributed by atoms with Crippen molar-refractivity contribution in [2.75, 3.05) is 0 Å². The van der Waals surface area contributed by atoms with Gasteiger partial charge in [-0.3, -0.25) is 4.79 Å². The summed E-state index contributed by atoms with van der Waals surface area (Å²) in [5.41, 5.74) is -0.0580. The molecule has 3 aliphatic rings. The van der Waals surface area contributed by atoms with Crippen LogP contribution in [0.5, 0.6) is 0 Å². The minimum absolute atomic E-state index is 0.229. The third kappa shape index (κ3) is 2.60. The topological polar surface area (TPSA) is 75.6 Å². The van der Waals surface area contributed by atoms with E-state index in [9.17, 15) is 14.7 Å². The van der Waals surface area contributed by atoms with Gasteiger partial charge in [0.2, 0.25) is 0 Å². The van der Waals surface area contributed by atoms with Crippen molar-refractivity contribution in [1.29, 1.82) is 0 Å². The van der Waals surface area contributed by atoms with Crippen LogP contribution in [0.3, 0.4) is 0 Å². The number of carbonyl (C=O) groups excluding carboxylic acids is 1. The fourth-order valence-electron chi connectivity index (χ4n) is 3.75. The van der Waals surface area contributed by atoms with E-state index in [1.165, 1.54) is 0 Å².